The Morgan fingerprint density at radius 3 is 2.88 bits per heavy atom. The van der Waals surface area contributed by atoms with E-state index in [1.807, 2.05) is 0 Å². The molecule has 2 saturated heterocycles. The highest BCUT2D eigenvalue weighted by Gasteiger charge is 2.33. The van der Waals surface area contributed by atoms with E-state index in [4.69, 9.17) is 5.73 Å². The van der Waals surface area contributed by atoms with Crippen LogP contribution in [0.3, 0.4) is 0 Å². The third kappa shape index (κ3) is 3.67. The highest BCUT2D eigenvalue weighted by molar-refractivity contribution is 4.90. The first-order chi connectivity index (χ1) is 8.16. The minimum Gasteiger partial charge on any atom is -0.328 e. The Labute approximate surface area is 106 Å². The fourth-order valence-electron chi connectivity index (χ4n) is 3.34. The number of rotatable bonds is 5. The van der Waals surface area contributed by atoms with E-state index in [0.717, 1.165) is 12.1 Å². The van der Waals surface area contributed by atoms with Crippen molar-refractivity contribution < 1.29 is 0 Å². The van der Waals surface area contributed by atoms with E-state index in [2.05, 4.69) is 23.6 Å². The second-order valence-electron chi connectivity index (χ2n) is 6.11. The van der Waals surface area contributed by atoms with Gasteiger partial charge in [0.2, 0.25) is 0 Å². The van der Waals surface area contributed by atoms with Crippen molar-refractivity contribution >= 4 is 0 Å². The maximum atomic E-state index is 5.79. The fraction of sp³-hybridized carbons (Fsp3) is 1.00. The van der Waals surface area contributed by atoms with Crippen LogP contribution in [0.5, 0.6) is 0 Å². The van der Waals surface area contributed by atoms with Crippen LogP contribution in [-0.4, -0.2) is 54.1 Å². The summed E-state index contributed by atoms with van der Waals surface area (Å²) in [6.07, 6.45) is 6.62. The molecule has 2 N–H and O–H groups in total. The molecule has 3 unspecified atom stereocenters. The Kier molecular flexibility index (Phi) is 4.83. The zero-order valence-corrected chi connectivity index (χ0v) is 11.6. The lowest BCUT2D eigenvalue weighted by molar-refractivity contribution is 0.0583. The van der Waals surface area contributed by atoms with Crippen LogP contribution in [0.2, 0.25) is 0 Å². The molecule has 3 heteroatoms. The average Bonchev–Trinajstić information content (AvgIpc) is 2.71. The summed E-state index contributed by atoms with van der Waals surface area (Å²) in [5.74, 6) is 0. The standard InChI is InChI=1S/C14H29N3/c1-12(15)6-3-4-8-16-11-14-7-5-9-17(14)10-13(16)2/h12-14H,3-11,15H2,1-2H3. The van der Waals surface area contributed by atoms with E-state index in [-0.39, 0.29) is 0 Å². The van der Waals surface area contributed by atoms with Crippen LogP contribution in [0.25, 0.3) is 0 Å². The second-order valence-corrected chi connectivity index (χ2v) is 6.11. The van der Waals surface area contributed by atoms with Crippen molar-refractivity contribution in [1.29, 1.82) is 0 Å². The molecule has 3 nitrogen and oxygen atoms in total. The maximum absolute atomic E-state index is 5.79. The molecule has 0 aromatic heterocycles. The van der Waals surface area contributed by atoms with E-state index < -0.39 is 0 Å². The molecule has 0 aliphatic carbocycles. The number of nitrogens with two attached hydrogens (primary N) is 1. The third-order valence-corrected chi connectivity index (χ3v) is 4.42. The molecule has 3 atom stereocenters. The Hall–Kier alpha value is -0.120. The van der Waals surface area contributed by atoms with Gasteiger partial charge in [-0.05, 0) is 52.6 Å². The van der Waals surface area contributed by atoms with Crippen molar-refractivity contribution in [2.45, 2.75) is 64.1 Å². The summed E-state index contributed by atoms with van der Waals surface area (Å²) in [5.41, 5.74) is 5.79. The molecule has 100 valence electrons. The van der Waals surface area contributed by atoms with Gasteiger partial charge in [0.05, 0.1) is 0 Å². The molecule has 0 amide bonds. The van der Waals surface area contributed by atoms with Crippen LogP contribution in [0.4, 0.5) is 0 Å². The molecule has 17 heavy (non-hydrogen) atoms. The van der Waals surface area contributed by atoms with Crippen molar-refractivity contribution in [2.75, 3.05) is 26.2 Å². The van der Waals surface area contributed by atoms with Gasteiger partial charge in [-0.3, -0.25) is 9.80 Å². The first kappa shape index (κ1) is 13.3. The van der Waals surface area contributed by atoms with Gasteiger partial charge in [0.1, 0.15) is 0 Å². The summed E-state index contributed by atoms with van der Waals surface area (Å²) in [6, 6.07) is 1.98. The summed E-state index contributed by atoms with van der Waals surface area (Å²) >= 11 is 0. The molecule has 0 aromatic rings. The largest absolute Gasteiger partial charge is 0.328 e. The predicted molar refractivity (Wildman–Crippen MR) is 73.1 cm³/mol. The van der Waals surface area contributed by atoms with Crippen molar-refractivity contribution in [3.8, 4) is 0 Å². The summed E-state index contributed by atoms with van der Waals surface area (Å²) < 4.78 is 0. The molecule has 0 aromatic carbocycles. The molecule has 2 fully saturated rings. The predicted octanol–water partition coefficient (Wildman–Crippen LogP) is 1.67. The molecule has 0 bridgehead atoms. The number of unbranched alkanes of at least 4 members (excludes halogenated alkanes) is 1. The van der Waals surface area contributed by atoms with E-state index in [1.54, 1.807) is 0 Å². The zero-order valence-electron chi connectivity index (χ0n) is 11.6. The van der Waals surface area contributed by atoms with Gasteiger partial charge in [0, 0.05) is 31.2 Å². The van der Waals surface area contributed by atoms with Crippen LogP contribution in [0, 0.1) is 0 Å². The lowest BCUT2D eigenvalue weighted by Crippen LogP contribution is -2.54. The van der Waals surface area contributed by atoms with Crippen LogP contribution in [0.15, 0.2) is 0 Å². The van der Waals surface area contributed by atoms with Gasteiger partial charge in [0.15, 0.2) is 0 Å². The molecule has 0 spiro atoms. The molecular formula is C14H29N3. The lowest BCUT2D eigenvalue weighted by atomic mass is 10.1. The minimum absolute atomic E-state index is 0.374. The zero-order chi connectivity index (χ0) is 12.3. The summed E-state index contributed by atoms with van der Waals surface area (Å²) in [4.78, 5) is 5.40. The van der Waals surface area contributed by atoms with Gasteiger partial charge in [-0.1, -0.05) is 6.42 Å². The van der Waals surface area contributed by atoms with E-state index >= 15 is 0 Å². The average molecular weight is 239 g/mol. The number of piperazine rings is 1. The lowest BCUT2D eigenvalue weighted by Gasteiger charge is -2.42. The summed E-state index contributed by atoms with van der Waals surface area (Å²) in [7, 11) is 0. The molecule has 2 rings (SSSR count). The fourth-order valence-corrected chi connectivity index (χ4v) is 3.34. The van der Waals surface area contributed by atoms with Gasteiger partial charge >= 0.3 is 0 Å². The Morgan fingerprint density at radius 1 is 1.29 bits per heavy atom. The van der Waals surface area contributed by atoms with Gasteiger partial charge in [-0.2, -0.15) is 0 Å². The Bertz CT molecular complexity index is 230. The quantitative estimate of drug-likeness (QED) is 0.741. The number of fused-ring (bicyclic) bond motifs is 1. The normalized spacial score (nSPS) is 32.6. The highest BCUT2D eigenvalue weighted by atomic mass is 15.3. The molecule has 0 saturated carbocycles. The monoisotopic (exact) mass is 239 g/mol. The van der Waals surface area contributed by atoms with E-state index in [9.17, 15) is 0 Å². The summed E-state index contributed by atoms with van der Waals surface area (Å²) in [6.45, 7) is 9.71. The first-order valence-corrected chi connectivity index (χ1v) is 7.40. The van der Waals surface area contributed by atoms with Gasteiger partial charge < -0.3 is 5.73 Å². The number of hydrogen-bond acceptors (Lipinski definition) is 3. The van der Waals surface area contributed by atoms with E-state index in [0.29, 0.717) is 6.04 Å². The molecule has 2 heterocycles. The molecule has 2 aliphatic heterocycles. The van der Waals surface area contributed by atoms with E-state index in [1.165, 1.54) is 58.3 Å². The van der Waals surface area contributed by atoms with Crippen molar-refractivity contribution in [1.82, 2.24) is 9.80 Å². The SMILES string of the molecule is CC(N)CCCCN1CC2CCCN2CC1C. The van der Waals surface area contributed by atoms with Gasteiger partial charge in [-0.15, -0.1) is 0 Å². The van der Waals surface area contributed by atoms with Crippen LogP contribution in [-0.2, 0) is 0 Å². The molecular weight excluding hydrogens is 210 g/mol. The van der Waals surface area contributed by atoms with Crippen LogP contribution >= 0.6 is 0 Å². The van der Waals surface area contributed by atoms with Crippen molar-refractivity contribution in [3.63, 3.8) is 0 Å². The smallest absolute Gasteiger partial charge is 0.0224 e. The molecule has 2 aliphatic rings. The topological polar surface area (TPSA) is 32.5 Å². The Morgan fingerprint density at radius 2 is 2.12 bits per heavy atom. The first-order valence-electron chi connectivity index (χ1n) is 7.40. The van der Waals surface area contributed by atoms with Gasteiger partial charge in [-0.25, -0.2) is 0 Å². The number of hydrogen-bond donors (Lipinski definition) is 1. The molecule has 0 radical (unpaired) electrons. The van der Waals surface area contributed by atoms with Crippen LogP contribution in [0.1, 0.15) is 46.0 Å². The Balaban J connectivity index is 1.69. The van der Waals surface area contributed by atoms with Gasteiger partial charge in [0.25, 0.3) is 0 Å². The highest BCUT2D eigenvalue weighted by Crippen LogP contribution is 2.24. The second kappa shape index (κ2) is 6.17. The van der Waals surface area contributed by atoms with Crippen LogP contribution < -0.4 is 5.73 Å². The van der Waals surface area contributed by atoms with Crippen molar-refractivity contribution in [3.05, 3.63) is 0 Å². The number of nitrogens with zero attached hydrogens (tertiary/aromatic N) is 2. The summed E-state index contributed by atoms with van der Waals surface area (Å²) in [5, 5.41) is 0. The maximum Gasteiger partial charge on any atom is 0.0224 e. The third-order valence-electron chi connectivity index (χ3n) is 4.42. The van der Waals surface area contributed by atoms with Crippen molar-refractivity contribution in [2.24, 2.45) is 5.73 Å². The minimum atomic E-state index is 0.374.